The molecule has 0 aromatic carbocycles. The van der Waals surface area contributed by atoms with Crippen molar-refractivity contribution in [3.63, 3.8) is 0 Å². The number of carbonyl (C=O) groups is 1. The van der Waals surface area contributed by atoms with E-state index in [4.69, 9.17) is 4.74 Å². The lowest BCUT2D eigenvalue weighted by molar-refractivity contribution is 0.0529. The molecule has 1 rings (SSSR count). The van der Waals surface area contributed by atoms with Gasteiger partial charge in [-0.15, -0.1) is 0 Å². The molecule has 1 aromatic rings. The van der Waals surface area contributed by atoms with Crippen LogP contribution in [0.25, 0.3) is 0 Å². The van der Waals surface area contributed by atoms with Crippen molar-refractivity contribution in [3.8, 4) is 0 Å². The molecule has 1 amide bonds. The minimum atomic E-state index is -0.487. The fourth-order valence-electron chi connectivity index (χ4n) is 2.11. The maximum atomic E-state index is 11.6. The van der Waals surface area contributed by atoms with Crippen LogP contribution >= 0.6 is 0 Å². The third-order valence-corrected chi connectivity index (χ3v) is 3.26. The van der Waals surface area contributed by atoms with Crippen molar-refractivity contribution < 1.29 is 9.53 Å². The largest absolute Gasteiger partial charge is 0.444 e. The molecule has 0 fully saturated rings. The summed E-state index contributed by atoms with van der Waals surface area (Å²) in [7, 11) is 0. The summed E-state index contributed by atoms with van der Waals surface area (Å²) in [5.74, 6) is 1.65. The Labute approximate surface area is 162 Å². The Balaban J connectivity index is 2.17. The molecule has 0 spiro atoms. The molecule has 0 aliphatic heterocycles. The van der Waals surface area contributed by atoms with Gasteiger partial charge >= 0.3 is 6.09 Å². The van der Waals surface area contributed by atoms with E-state index in [-0.39, 0.29) is 0 Å². The molecule has 4 N–H and O–H groups in total. The van der Waals surface area contributed by atoms with Gasteiger partial charge in [0.2, 0.25) is 0 Å². The molecule has 8 nitrogen and oxygen atoms in total. The SMILES string of the molecule is CCNC(=NCCCCNc1ccccn1)NCCNC(=O)OC(C)(C)C. The number of hydrogen-bond acceptors (Lipinski definition) is 5. The lowest BCUT2D eigenvalue weighted by Crippen LogP contribution is -2.42. The lowest BCUT2D eigenvalue weighted by atomic mass is 10.2. The topological polar surface area (TPSA) is 99.7 Å². The van der Waals surface area contributed by atoms with Gasteiger partial charge in [0.05, 0.1) is 0 Å². The van der Waals surface area contributed by atoms with Gasteiger partial charge in [0.1, 0.15) is 11.4 Å². The Hall–Kier alpha value is -2.51. The summed E-state index contributed by atoms with van der Waals surface area (Å²) in [6.45, 7) is 11.0. The van der Waals surface area contributed by atoms with Crippen LogP contribution in [0.2, 0.25) is 0 Å². The number of hydrogen-bond donors (Lipinski definition) is 4. The van der Waals surface area contributed by atoms with Crippen LogP contribution in [-0.4, -0.2) is 55.4 Å². The number of aliphatic imine (C=N–C) groups is 1. The predicted molar refractivity (Wildman–Crippen MR) is 110 cm³/mol. The molecule has 0 aliphatic rings. The van der Waals surface area contributed by atoms with Crippen LogP contribution in [0.3, 0.4) is 0 Å². The van der Waals surface area contributed by atoms with Crippen LogP contribution in [0.1, 0.15) is 40.5 Å². The van der Waals surface area contributed by atoms with E-state index in [9.17, 15) is 4.79 Å². The quantitative estimate of drug-likeness (QED) is 0.283. The number of unbranched alkanes of at least 4 members (excludes halogenated alkanes) is 1. The van der Waals surface area contributed by atoms with E-state index in [0.717, 1.165) is 44.3 Å². The zero-order chi connectivity index (χ0) is 20.0. The van der Waals surface area contributed by atoms with Crippen molar-refractivity contribution in [2.24, 2.45) is 4.99 Å². The Morgan fingerprint density at radius 1 is 1.11 bits per heavy atom. The number of rotatable bonds is 10. The van der Waals surface area contributed by atoms with Crippen LogP contribution in [0.4, 0.5) is 10.6 Å². The van der Waals surface area contributed by atoms with Gasteiger partial charge in [0, 0.05) is 38.9 Å². The van der Waals surface area contributed by atoms with Gasteiger partial charge in [-0.2, -0.15) is 0 Å². The van der Waals surface area contributed by atoms with E-state index in [1.807, 2.05) is 45.9 Å². The van der Waals surface area contributed by atoms with E-state index in [2.05, 4.69) is 31.2 Å². The fourth-order valence-corrected chi connectivity index (χ4v) is 2.11. The first-order valence-corrected chi connectivity index (χ1v) is 9.54. The highest BCUT2D eigenvalue weighted by Gasteiger charge is 2.15. The smallest absolute Gasteiger partial charge is 0.407 e. The number of nitrogens with one attached hydrogen (secondary N) is 4. The average Bonchev–Trinajstić information content (AvgIpc) is 2.61. The highest BCUT2D eigenvalue weighted by molar-refractivity contribution is 5.79. The molecule has 0 saturated carbocycles. The molecule has 0 saturated heterocycles. The van der Waals surface area contributed by atoms with Crippen LogP contribution < -0.4 is 21.3 Å². The third kappa shape index (κ3) is 12.5. The van der Waals surface area contributed by atoms with Crippen LogP contribution in [0.5, 0.6) is 0 Å². The predicted octanol–water partition coefficient (Wildman–Crippen LogP) is 2.35. The Morgan fingerprint density at radius 2 is 1.89 bits per heavy atom. The van der Waals surface area contributed by atoms with Crippen molar-refractivity contribution >= 4 is 17.9 Å². The second-order valence-corrected chi connectivity index (χ2v) is 6.96. The van der Waals surface area contributed by atoms with E-state index < -0.39 is 11.7 Å². The molecule has 0 atom stereocenters. The fraction of sp³-hybridized carbons (Fsp3) is 0.632. The Bertz CT molecular complexity index is 557. The van der Waals surface area contributed by atoms with Crippen LogP contribution in [-0.2, 0) is 4.74 Å². The molecule has 0 aliphatic carbocycles. The molecule has 0 radical (unpaired) electrons. The molecule has 27 heavy (non-hydrogen) atoms. The zero-order valence-electron chi connectivity index (χ0n) is 17.0. The number of ether oxygens (including phenoxy) is 1. The summed E-state index contributed by atoms with van der Waals surface area (Å²) in [5.41, 5.74) is -0.487. The zero-order valence-corrected chi connectivity index (χ0v) is 17.0. The maximum absolute atomic E-state index is 11.6. The highest BCUT2D eigenvalue weighted by Crippen LogP contribution is 2.06. The average molecular weight is 379 g/mol. The van der Waals surface area contributed by atoms with Crippen LogP contribution in [0, 0.1) is 0 Å². The van der Waals surface area contributed by atoms with Gasteiger partial charge in [0.25, 0.3) is 0 Å². The molecular weight excluding hydrogens is 344 g/mol. The van der Waals surface area contributed by atoms with E-state index >= 15 is 0 Å². The van der Waals surface area contributed by atoms with E-state index in [0.29, 0.717) is 13.1 Å². The summed E-state index contributed by atoms with van der Waals surface area (Å²) in [6, 6.07) is 5.82. The summed E-state index contributed by atoms with van der Waals surface area (Å²) in [5, 5.41) is 12.4. The number of guanidine groups is 1. The summed E-state index contributed by atoms with van der Waals surface area (Å²) in [4.78, 5) is 20.4. The number of amides is 1. The number of aromatic nitrogens is 1. The summed E-state index contributed by atoms with van der Waals surface area (Å²) >= 11 is 0. The molecule has 152 valence electrons. The van der Waals surface area contributed by atoms with Gasteiger partial charge in [-0.3, -0.25) is 4.99 Å². The van der Waals surface area contributed by atoms with Gasteiger partial charge in [-0.25, -0.2) is 9.78 Å². The molecular formula is C19H34N6O2. The summed E-state index contributed by atoms with van der Waals surface area (Å²) in [6.07, 6.45) is 3.36. The van der Waals surface area contributed by atoms with Crippen LogP contribution in [0.15, 0.2) is 29.4 Å². The van der Waals surface area contributed by atoms with Crippen molar-refractivity contribution in [2.75, 3.05) is 38.0 Å². The number of nitrogens with zero attached hydrogens (tertiary/aromatic N) is 2. The molecule has 1 aromatic heterocycles. The third-order valence-electron chi connectivity index (χ3n) is 3.26. The minimum Gasteiger partial charge on any atom is -0.444 e. The molecule has 8 heteroatoms. The second kappa shape index (κ2) is 12.8. The first kappa shape index (κ1) is 22.5. The van der Waals surface area contributed by atoms with Gasteiger partial charge in [0.15, 0.2) is 5.96 Å². The molecule has 0 bridgehead atoms. The highest BCUT2D eigenvalue weighted by atomic mass is 16.6. The first-order chi connectivity index (χ1) is 12.9. The van der Waals surface area contributed by atoms with Crippen molar-refractivity contribution in [3.05, 3.63) is 24.4 Å². The van der Waals surface area contributed by atoms with Gasteiger partial charge in [-0.1, -0.05) is 6.07 Å². The Morgan fingerprint density at radius 3 is 2.56 bits per heavy atom. The van der Waals surface area contributed by atoms with E-state index in [1.54, 1.807) is 6.20 Å². The molecule has 0 unspecified atom stereocenters. The normalized spacial score (nSPS) is 11.6. The number of anilines is 1. The number of pyridine rings is 1. The lowest BCUT2D eigenvalue weighted by Gasteiger charge is -2.19. The first-order valence-electron chi connectivity index (χ1n) is 9.54. The van der Waals surface area contributed by atoms with E-state index in [1.165, 1.54) is 0 Å². The van der Waals surface area contributed by atoms with Gasteiger partial charge < -0.3 is 26.0 Å². The minimum absolute atomic E-state index is 0.411. The van der Waals surface area contributed by atoms with Gasteiger partial charge in [-0.05, 0) is 52.7 Å². The monoisotopic (exact) mass is 378 g/mol. The number of carbonyl (C=O) groups excluding carboxylic acids is 1. The maximum Gasteiger partial charge on any atom is 0.407 e. The second-order valence-electron chi connectivity index (χ2n) is 6.96. The standard InChI is InChI=1S/C19H34N6O2/c1-5-20-17(24-14-15-25-18(26)27-19(2,3)4)23-13-9-8-12-22-16-10-6-7-11-21-16/h6-7,10-11H,5,8-9,12-15H2,1-4H3,(H,21,22)(H,25,26)(H2,20,23,24). The summed E-state index contributed by atoms with van der Waals surface area (Å²) < 4.78 is 5.19. The Kier molecular flexibility index (Phi) is 10.7. The van der Waals surface area contributed by atoms with Crippen molar-refractivity contribution in [1.82, 2.24) is 20.9 Å². The van der Waals surface area contributed by atoms with Crippen molar-refractivity contribution in [2.45, 2.75) is 46.1 Å². The van der Waals surface area contributed by atoms with Crippen molar-refractivity contribution in [1.29, 1.82) is 0 Å². The molecule has 1 heterocycles. The number of alkyl carbamates (subject to hydrolysis) is 1.